The van der Waals surface area contributed by atoms with Gasteiger partial charge in [-0.3, -0.25) is 0 Å². The maximum absolute atomic E-state index is 8.88. The van der Waals surface area contributed by atoms with Crippen molar-refractivity contribution in [1.29, 1.82) is 5.26 Å². The molecule has 0 bridgehead atoms. The van der Waals surface area contributed by atoms with E-state index in [2.05, 4.69) is 36.5 Å². The third-order valence-corrected chi connectivity index (χ3v) is 4.84. The molecule has 0 amide bonds. The number of fused-ring (bicyclic) bond motifs is 1. The predicted molar refractivity (Wildman–Crippen MR) is 83.2 cm³/mol. The second-order valence-corrected chi connectivity index (χ2v) is 6.49. The number of rotatable bonds is 6. The summed E-state index contributed by atoms with van der Waals surface area (Å²) in [5.41, 5.74) is 3.01. The van der Waals surface area contributed by atoms with Crippen LogP contribution in [-0.2, 0) is 6.42 Å². The molecule has 3 nitrogen and oxygen atoms in total. The van der Waals surface area contributed by atoms with Gasteiger partial charge in [0.1, 0.15) is 5.75 Å². The molecule has 0 spiro atoms. The molecule has 2 aliphatic rings. The van der Waals surface area contributed by atoms with Crippen LogP contribution in [0.5, 0.6) is 5.75 Å². The fraction of sp³-hybridized carbons (Fsp3) is 0.611. The average Bonchev–Trinajstić information content (AvgIpc) is 3.26. The van der Waals surface area contributed by atoms with Crippen LogP contribution in [0.3, 0.4) is 0 Å². The number of benzene rings is 1. The van der Waals surface area contributed by atoms with Gasteiger partial charge in [0.25, 0.3) is 0 Å². The highest BCUT2D eigenvalue weighted by atomic mass is 16.5. The van der Waals surface area contributed by atoms with Gasteiger partial charge in [-0.2, -0.15) is 5.26 Å². The van der Waals surface area contributed by atoms with Crippen molar-refractivity contribution < 1.29 is 4.74 Å². The van der Waals surface area contributed by atoms with E-state index in [1.165, 1.54) is 30.4 Å². The number of nitrogens with one attached hydrogen (secondary N) is 1. The van der Waals surface area contributed by atoms with Crippen molar-refractivity contribution in [1.82, 2.24) is 5.32 Å². The summed E-state index contributed by atoms with van der Waals surface area (Å²) in [6, 6.07) is 9.28. The second kappa shape index (κ2) is 6.07. The summed E-state index contributed by atoms with van der Waals surface area (Å²) in [5, 5.41) is 12.5. The first kappa shape index (κ1) is 14.4. The molecule has 0 aromatic heterocycles. The van der Waals surface area contributed by atoms with Crippen LogP contribution < -0.4 is 10.1 Å². The molecule has 1 N–H and O–H groups in total. The fourth-order valence-electron chi connectivity index (χ4n) is 3.28. The highest BCUT2D eigenvalue weighted by molar-refractivity contribution is 5.39. The molecule has 0 radical (unpaired) electrons. The largest absolute Gasteiger partial charge is 0.493 e. The Bertz CT molecular complexity index is 543. The Morgan fingerprint density at radius 3 is 3.00 bits per heavy atom. The molecule has 1 fully saturated rings. The van der Waals surface area contributed by atoms with Gasteiger partial charge in [-0.15, -0.1) is 0 Å². The van der Waals surface area contributed by atoms with Gasteiger partial charge in [0.15, 0.2) is 0 Å². The van der Waals surface area contributed by atoms with Crippen LogP contribution in [0.2, 0.25) is 0 Å². The number of nitriles is 1. The van der Waals surface area contributed by atoms with E-state index in [9.17, 15) is 0 Å². The Morgan fingerprint density at radius 2 is 2.29 bits per heavy atom. The van der Waals surface area contributed by atoms with E-state index >= 15 is 0 Å². The minimum Gasteiger partial charge on any atom is -0.493 e. The molecule has 3 rings (SSSR count). The molecule has 1 saturated carbocycles. The van der Waals surface area contributed by atoms with Crippen molar-refractivity contribution in [2.45, 2.75) is 51.5 Å². The van der Waals surface area contributed by atoms with Crippen LogP contribution in [-0.4, -0.2) is 13.2 Å². The molecule has 1 atom stereocenters. The first-order valence-electron chi connectivity index (χ1n) is 8.12. The first-order chi connectivity index (χ1) is 10.3. The molecule has 1 aromatic carbocycles. The van der Waals surface area contributed by atoms with Crippen molar-refractivity contribution in [3.63, 3.8) is 0 Å². The molecule has 3 heteroatoms. The van der Waals surface area contributed by atoms with E-state index in [1.54, 1.807) is 0 Å². The monoisotopic (exact) mass is 284 g/mol. The molecule has 21 heavy (non-hydrogen) atoms. The normalized spacial score (nSPS) is 22.2. The predicted octanol–water partition coefficient (Wildman–Crippen LogP) is 3.75. The van der Waals surface area contributed by atoms with Gasteiger partial charge < -0.3 is 10.1 Å². The van der Waals surface area contributed by atoms with Crippen molar-refractivity contribution in [3.8, 4) is 11.8 Å². The lowest BCUT2D eigenvalue weighted by Crippen LogP contribution is -2.25. The summed E-state index contributed by atoms with van der Waals surface area (Å²) in [6.45, 7) is 3.85. The molecule has 1 unspecified atom stereocenters. The molecular weight excluding hydrogens is 260 g/mol. The summed E-state index contributed by atoms with van der Waals surface area (Å²) >= 11 is 0. The van der Waals surface area contributed by atoms with Crippen molar-refractivity contribution in [2.24, 2.45) is 5.41 Å². The van der Waals surface area contributed by atoms with Gasteiger partial charge >= 0.3 is 0 Å². The van der Waals surface area contributed by atoms with Crippen LogP contribution >= 0.6 is 0 Å². The van der Waals surface area contributed by atoms with Gasteiger partial charge in [-0.25, -0.2) is 0 Å². The highest BCUT2D eigenvalue weighted by Gasteiger charge is 2.43. The topological polar surface area (TPSA) is 45.0 Å². The standard InChI is InChI=1S/C18H24N2O/c1-2-20-17-5-3-4-14-6-7-15(12-16(14)17)21-13-18(8-9-18)10-11-19/h6-7,12,17,20H,2-5,8-10,13H2,1H3. The van der Waals surface area contributed by atoms with Gasteiger partial charge in [0, 0.05) is 17.9 Å². The average molecular weight is 284 g/mol. The number of hydrogen-bond acceptors (Lipinski definition) is 3. The van der Waals surface area contributed by atoms with E-state index in [-0.39, 0.29) is 5.41 Å². The van der Waals surface area contributed by atoms with Crippen molar-refractivity contribution in [3.05, 3.63) is 29.3 Å². The summed E-state index contributed by atoms with van der Waals surface area (Å²) in [7, 11) is 0. The lowest BCUT2D eigenvalue weighted by molar-refractivity contribution is 0.236. The van der Waals surface area contributed by atoms with Crippen LogP contribution in [0.1, 0.15) is 56.2 Å². The number of nitrogens with zero attached hydrogens (tertiary/aromatic N) is 1. The summed E-state index contributed by atoms with van der Waals surface area (Å²) in [6.07, 6.45) is 6.53. The third-order valence-electron chi connectivity index (χ3n) is 4.84. The minimum atomic E-state index is 0.145. The van der Waals surface area contributed by atoms with Crippen LogP contribution in [0, 0.1) is 16.7 Å². The zero-order valence-corrected chi connectivity index (χ0v) is 12.8. The lowest BCUT2D eigenvalue weighted by atomic mass is 9.87. The maximum Gasteiger partial charge on any atom is 0.119 e. The molecular formula is C18H24N2O. The second-order valence-electron chi connectivity index (χ2n) is 6.49. The first-order valence-corrected chi connectivity index (χ1v) is 8.12. The Morgan fingerprint density at radius 1 is 1.43 bits per heavy atom. The molecule has 0 heterocycles. The maximum atomic E-state index is 8.88. The Hall–Kier alpha value is -1.53. The number of hydrogen-bond donors (Lipinski definition) is 1. The van der Waals surface area contributed by atoms with E-state index in [1.807, 2.05) is 0 Å². The van der Waals surface area contributed by atoms with E-state index in [4.69, 9.17) is 10.00 Å². The SMILES string of the molecule is CCNC1CCCc2ccc(OCC3(CC#N)CC3)cc21. The van der Waals surface area contributed by atoms with Gasteiger partial charge in [-0.1, -0.05) is 13.0 Å². The quantitative estimate of drug-likeness (QED) is 0.865. The zero-order chi connectivity index (χ0) is 14.7. The van der Waals surface area contributed by atoms with E-state index < -0.39 is 0 Å². The Balaban J connectivity index is 1.70. The van der Waals surface area contributed by atoms with Gasteiger partial charge in [0.05, 0.1) is 12.7 Å². The molecule has 0 saturated heterocycles. The Labute approximate surface area is 127 Å². The zero-order valence-electron chi connectivity index (χ0n) is 12.8. The Kier molecular flexibility index (Phi) is 4.17. The molecule has 2 aliphatic carbocycles. The van der Waals surface area contributed by atoms with Gasteiger partial charge in [-0.05, 0) is 61.9 Å². The highest BCUT2D eigenvalue weighted by Crippen LogP contribution is 2.48. The minimum absolute atomic E-state index is 0.145. The fourth-order valence-corrected chi connectivity index (χ4v) is 3.28. The van der Waals surface area contributed by atoms with E-state index in [0.717, 1.165) is 25.1 Å². The van der Waals surface area contributed by atoms with Crippen LogP contribution in [0.25, 0.3) is 0 Å². The summed E-state index contributed by atoms with van der Waals surface area (Å²) in [4.78, 5) is 0. The lowest BCUT2D eigenvalue weighted by Gasteiger charge is -2.27. The van der Waals surface area contributed by atoms with Crippen molar-refractivity contribution >= 4 is 0 Å². The summed E-state index contributed by atoms with van der Waals surface area (Å²) < 4.78 is 6.00. The molecule has 112 valence electrons. The molecule has 1 aromatic rings. The number of ether oxygens (including phenoxy) is 1. The van der Waals surface area contributed by atoms with Crippen LogP contribution in [0.15, 0.2) is 18.2 Å². The van der Waals surface area contributed by atoms with Crippen molar-refractivity contribution in [2.75, 3.05) is 13.2 Å². The van der Waals surface area contributed by atoms with Crippen LogP contribution in [0.4, 0.5) is 0 Å². The van der Waals surface area contributed by atoms with E-state index in [0.29, 0.717) is 19.1 Å². The molecule has 0 aliphatic heterocycles. The third kappa shape index (κ3) is 3.22. The smallest absolute Gasteiger partial charge is 0.119 e. The number of aryl methyl sites for hydroxylation is 1. The summed E-state index contributed by atoms with van der Waals surface area (Å²) in [5.74, 6) is 0.961. The van der Waals surface area contributed by atoms with Gasteiger partial charge in [0.2, 0.25) is 0 Å².